The maximum atomic E-state index is 12.5. The van der Waals surface area contributed by atoms with Gasteiger partial charge in [0.1, 0.15) is 6.04 Å². The van der Waals surface area contributed by atoms with Gasteiger partial charge in [-0.25, -0.2) is 0 Å². The van der Waals surface area contributed by atoms with Gasteiger partial charge in [-0.15, -0.1) is 0 Å². The Hall–Kier alpha value is -1.90. The molecule has 0 fully saturated rings. The Morgan fingerprint density at radius 3 is 2.52 bits per heavy atom. The summed E-state index contributed by atoms with van der Waals surface area (Å²) in [4.78, 5) is 18.2. The molecule has 21 heavy (non-hydrogen) atoms. The zero-order valence-corrected chi connectivity index (χ0v) is 13.1. The fraction of sp³-hybridized carbons (Fsp3) is 0.500. The highest BCUT2D eigenvalue weighted by atomic mass is 16.2. The van der Waals surface area contributed by atoms with E-state index in [9.17, 15) is 10.1 Å². The number of benzene rings is 1. The van der Waals surface area contributed by atoms with Gasteiger partial charge in [-0.1, -0.05) is 12.1 Å². The van der Waals surface area contributed by atoms with E-state index in [2.05, 4.69) is 11.0 Å². The fourth-order valence-corrected chi connectivity index (χ4v) is 2.61. The number of nitrogens with zero attached hydrogens (tertiary/aromatic N) is 4. The standard InChI is InChI=1S/C16H22N4O/c1-18(2)7-8-20-15(10-17)14-9-12(11-19(3)4)5-6-13(14)16(20)21/h5-6,9,15H,7-8,11H2,1-4H3. The smallest absolute Gasteiger partial charge is 0.255 e. The van der Waals surface area contributed by atoms with Crippen LogP contribution in [0.15, 0.2) is 18.2 Å². The molecule has 1 aromatic carbocycles. The Morgan fingerprint density at radius 1 is 1.24 bits per heavy atom. The van der Waals surface area contributed by atoms with E-state index in [-0.39, 0.29) is 5.91 Å². The topological polar surface area (TPSA) is 50.6 Å². The van der Waals surface area contributed by atoms with Gasteiger partial charge in [0.25, 0.3) is 5.91 Å². The second-order valence-electron chi connectivity index (χ2n) is 5.99. The summed E-state index contributed by atoms with van der Waals surface area (Å²) in [6, 6.07) is 7.64. The van der Waals surface area contributed by atoms with Gasteiger partial charge in [-0.05, 0) is 39.8 Å². The Labute approximate surface area is 126 Å². The molecule has 1 unspecified atom stereocenters. The Kier molecular flexibility index (Phi) is 4.61. The number of likely N-dealkylation sites (N-methyl/N-ethyl adjacent to an activating group) is 1. The first-order chi connectivity index (χ1) is 9.93. The average Bonchev–Trinajstić information content (AvgIpc) is 2.67. The molecule has 0 N–H and O–H groups in total. The third kappa shape index (κ3) is 3.23. The summed E-state index contributed by atoms with van der Waals surface area (Å²) in [7, 11) is 7.93. The highest BCUT2D eigenvalue weighted by molar-refractivity contribution is 5.99. The molecule has 1 amide bonds. The number of amides is 1. The summed E-state index contributed by atoms with van der Waals surface area (Å²) >= 11 is 0. The SMILES string of the molecule is CN(C)CCN1C(=O)c2ccc(CN(C)C)cc2C1C#N. The van der Waals surface area contributed by atoms with Crippen molar-refractivity contribution in [2.24, 2.45) is 0 Å². The molecule has 1 atom stereocenters. The number of rotatable bonds is 5. The molecule has 1 heterocycles. The van der Waals surface area contributed by atoms with Crippen molar-refractivity contribution in [2.45, 2.75) is 12.6 Å². The Balaban J connectivity index is 2.29. The number of fused-ring (bicyclic) bond motifs is 1. The van der Waals surface area contributed by atoms with E-state index in [1.165, 1.54) is 0 Å². The molecule has 0 aromatic heterocycles. The van der Waals surface area contributed by atoms with Gasteiger partial charge in [0.05, 0.1) is 6.07 Å². The van der Waals surface area contributed by atoms with E-state index in [0.29, 0.717) is 12.1 Å². The van der Waals surface area contributed by atoms with Gasteiger partial charge in [0, 0.05) is 30.8 Å². The molecular weight excluding hydrogens is 264 g/mol. The van der Waals surface area contributed by atoms with Crippen molar-refractivity contribution in [3.05, 3.63) is 34.9 Å². The molecule has 1 aromatic rings. The van der Waals surface area contributed by atoms with Crippen LogP contribution in [-0.4, -0.2) is 61.9 Å². The minimum atomic E-state index is -0.463. The van der Waals surface area contributed by atoms with E-state index in [1.807, 2.05) is 51.3 Å². The number of hydrogen-bond donors (Lipinski definition) is 0. The molecular formula is C16H22N4O. The van der Waals surface area contributed by atoms with Gasteiger partial charge in [0.15, 0.2) is 0 Å². The normalized spacial score (nSPS) is 17.5. The predicted octanol–water partition coefficient (Wildman–Crippen LogP) is 1.33. The zero-order chi connectivity index (χ0) is 15.6. The molecule has 0 bridgehead atoms. The highest BCUT2D eigenvalue weighted by Gasteiger charge is 2.36. The first kappa shape index (κ1) is 15.5. The zero-order valence-electron chi connectivity index (χ0n) is 13.1. The number of hydrogen-bond acceptors (Lipinski definition) is 4. The van der Waals surface area contributed by atoms with E-state index in [1.54, 1.807) is 4.90 Å². The summed E-state index contributed by atoms with van der Waals surface area (Å²) in [6.45, 7) is 2.13. The lowest BCUT2D eigenvalue weighted by atomic mass is 10.0. The van der Waals surface area contributed by atoms with Crippen LogP contribution in [0.1, 0.15) is 27.5 Å². The molecule has 1 aliphatic rings. The Morgan fingerprint density at radius 2 is 1.95 bits per heavy atom. The van der Waals surface area contributed by atoms with Crippen LogP contribution in [-0.2, 0) is 6.54 Å². The van der Waals surface area contributed by atoms with Crippen molar-refractivity contribution in [3.63, 3.8) is 0 Å². The number of carbonyl (C=O) groups excluding carboxylic acids is 1. The van der Waals surface area contributed by atoms with Crippen molar-refractivity contribution in [1.82, 2.24) is 14.7 Å². The van der Waals surface area contributed by atoms with E-state index in [4.69, 9.17) is 0 Å². The van der Waals surface area contributed by atoms with Gasteiger partial charge < -0.3 is 14.7 Å². The second kappa shape index (κ2) is 6.25. The quantitative estimate of drug-likeness (QED) is 0.819. The summed E-state index contributed by atoms with van der Waals surface area (Å²) in [5, 5.41) is 9.47. The lowest BCUT2D eigenvalue weighted by Gasteiger charge is -2.22. The predicted molar refractivity (Wildman–Crippen MR) is 81.8 cm³/mol. The van der Waals surface area contributed by atoms with Crippen molar-refractivity contribution in [2.75, 3.05) is 41.3 Å². The largest absolute Gasteiger partial charge is 0.317 e. The van der Waals surface area contributed by atoms with Crippen LogP contribution in [0.3, 0.4) is 0 Å². The molecule has 112 valence electrons. The van der Waals surface area contributed by atoms with E-state index in [0.717, 1.165) is 24.2 Å². The summed E-state index contributed by atoms with van der Waals surface area (Å²) in [5.41, 5.74) is 2.64. The molecule has 5 nitrogen and oxygen atoms in total. The summed E-state index contributed by atoms with van der Waals surface area (Å²) in [6.07, 6.45) is 0. The fourth-order valence-electron chi connectivity index (χ4n) is 2.61. The lowest BCUT2D eigenvalue weighted by molar-refractivity contribution is 0.0746. The van der Waals surface area contributed by atoms with Crippen LogP contribution in [0.25, 0.3) is 0 Å². The molecule has 5 heteroatoms. The van der Waals surface area contributed by atoms with Crippen LogP contribution < -0.4 is 0 Å². The molecule has 0 saturated carbocycles. The maximum absolute atomic E-state index is 12.5. The van der Waals surface area contributed by atoms with Crippen LogP contribution in [0.5, 0.6) is 0 Å². The highest BCUT2D eigenvalue weighted by Crippen LogP contribution is 2.33. The minimum absolute atomic E-state index is 0.0326. The number of carbonyl (C=O) groups is 1. The third-order valence-electron chi connectivity index (χ3n) is 3.62. The van der Waals surface area contributed by atoms with Crippen molar-refractivity contribution in [3.8, 4) is 6.07 Å². The Bertz CT molecular complexity index is 574. The maximum Gasteiger partial charge on any atom is 0.255 e. The van der Waals surface area contributed by atoms with Crippen LogP contribution >= 0.6 is 0 Å². The molecule has 0 aliphatic carbocycles. The van der Waals surface area contributed by atoms with Gasteiger partial charge in [0.2, 0.25) is 0 Å². The lowest BCUT2D eigenvalue weighted by Crippen LogP contribution is -2.34. The minimum Gasteiger partial charge on any atom is -0.317 e. The molecule has 1 aliphatic heterocycles. The third-order valence-corrected chi connectivity index (χ3v) is 3.62. The van der Waals surface area contributed by atoms with Crippen LogP contribution in [0.4, 0.5) is 0 Å². The second-order valence-corrected chi connectivity index (χ2v) is 5.99. The molecule has 0 saturated heterocycles. The first-order valence-corrected chi connectivity index (χ1v) is 7.07. The van der Waals surface area contributed by atoms with Crippen molar-refractivity contribution >= 4 is 5.91 Å². The summed E-state index contributed by atoms with van der Waals surface area (Å²) < 4.78 is 0. The molecule has 0 spiro atoms. The van der Waals surface area contributed by atoms with Crippen molar-refractivity contribution < 1.29 is 4.79 Å². The molecule has 0 radical (unpaired) electrons. The van der Waals surface area contributed by atoms with Gasteiger partial charge in [-0.3, -0.25) is 4.79 Å². The average molecular weight is 286 g/mol. The molecule has 2 rings (SSSR count). The van der Waals surface area contributed by atoms with E-state index >= 15 is 0 Å². The van der Waals surface area contributed by atoms with Gasteiger partial charge in [-0.2, -0.15) is 5.26 Å². The van der Waals surface area contributed by atoms with E-state index < -0.39 is 6.04 Å². The summed E-state index contributed by atoms with van der Waals surface area (Å²) in [5.74, 6) is -0.0326. The van der Waals surface area contributed by atoms with Crippen LogP contribution in [0.2, 0.25) is 0 Å². The first-order valence-electron chi connectivity index (χ1n) is 7.07. The number of nitriles is 1. The van der Waals surface area contributed by atoms with Crippen molar-refractivity contribution in [1.29, 1.82) is 5.26 Å². The monoisotopic (exact) mass is 286 g/mol. The van der Waals surface area contributed by atoms with Crippen LogP contribution in [0, 0.1) is 11.3 Å². The van der Waals surface area contributed by atoms with Gasteiger partial charge >= 0.3 is 0 Å².